The lowest BCUT2D eigenvalue weighted by Gasteiger charge is -2.18. The predicted molar refractivity (Wildman–Crippen MR) is 127 cm³/mol. The molecule has 0 bridgehead atoms. The van der Waals surface area contributed by atoms with E-state index in [4.69, 9.17) is 9.98 Å². The van der Waals surface area contributed by atoms with Gasteiger partial charge < -0.3 is 10.6 Å². The van der Waals surface area contributed by atoms with E-state index in [1.54, 1.807) is 0 Å². The fraction of sp³-hybridized carbons (Fsp3) is 0.360. The van der Waals surface area contributed by atoms with Gasteiger partial charge in [-0.2, -0.15) is 0 Å². The number of hydrogen-bond acceptors (Lipinski definition) is 4. The van der Waals surface area contributed by atoms with Crippen LogP contribution >= 0.6 is 0 Å². The summed E-state index contributed by atoms with van der Waals surface area (Å²) in [6.07, 6.45) is 2.83. The number of nitrogens with zero attached hydrogens (tertiary/aromatic N) is 2. The molecule has 1 heterocycles. The zero-order valence-electron chi connectivity index (χ0n) is 19.1. The van der Waals surface area contributed by atoms with Gasteiger partial charge in [-0.05, 0) is 72.6 Å². The Morgan fingerprint density at radius 3 is 1.93 bits per heavy atom. The second-order valence-electron chi connectivity index (χ2n) is 7.74. The van der Waals surface area contributed by atoms with Gasteiger partial charge in [0.25, 0.3) is 0 Å². The number of nitrogens with one attached hydrogen (secondary N) is 2. The monoisotopic (exact) mass is 390 g/mol. The topological polar surface area (TPSA) is 48.8 Å². The molecule has 154 valence electrons. The predicted octanol–water partition coefficient (Wildman–Crippen LogP) is 6.33. The quantitative estimate of drug-likeness (QED) is 0.589. The van der Waals surface area contributed by atoms with E-state index in [1.165, 1.54) is 11.1 Å². The molecule has 0 aliphatic carbocycles. The molecule has 2 rings (SSSR count). The molecule has 0 unspecified atom stereocenters. The number of hydrogen-bond donors (Lipinski definition) is 2. The molecule has 29 heavy (non-hydrogen) atoms. The van der Waals surface area contributed by atoms with Crippen molar-refractivity contribution < 1.29 is 0 Å². The third-order valence-electron chi connectivity index (χ3n) is 4.98. The maximum atomic E-state index is 4.85. The first-order valence-electron chi connectivity index (χ1n) is 10.1. The maximum Gasteiger partial charge on any atom is 0.0587 e. The van der Waals surface area contributed by atoms with Crippen LogP contribution in [0.5, 0.6) is 0 Å². The van der Waals surface area contributed by atoms with Gasteiger partial charge in [0.05, 0.1) is 11.4 Å². The normalized spacial score (nSPS) is 28.6. The summed E-state index contributed by atoms with van der Waals surface area (Å²) in [4.78, 5) is 9.56. The highest BCUT2D eigenvalue weighted by Gasteiger charge is 2.10. The smallest absolute Gasteiger partial charge is 0.0587 e. The van der Waals surface area contributed by atoms with E-state index in [0.717, 1.165) is 52.0 Å². The molecule has 4 nitrogen and oxygen atoms in total. The third-order valence-corrected chi connectivity index (χ3v) is 4.98. The van der Waals surface area contributed by atoms with Crippen LogP contribution in [0.3, 0.4) is 0 Å². The van der Waals surface area contributed by atoms with Gasteiger partial charge in [0, 0.05) is 40.6 Å². The molecule has 0 spiro atoms. The van der Waals surface area contributed by atoms with E-state index in [9.17, 15) is 0 Å². The fourth-order valence-corrected chi connectivity index (χ4v) is 3.32. The molecule has 0 saturated carbocycles. The minimum absolute atomic E-state index is 0.771. The summed E-state index contributed by atoms with van der Waals surface area (Å²) in [5.74, 6) is 0. The highest BCUT2D eigenvalue weighted by Crippen LogP contribution is 2.23. The molecule has 2 N–H and O–H groups in total. The highest BCUT2D eigenvalue weighted by molar-refractivity contribution is 5.95. The van der Waals surface area contributed by atoms with Gasteiger partial charge in [-0.1, -0.05) is 30.3 Å². The van der Waals surface area contributed by atoms with Crippen LogP contribution in [0.15, 0.2) is 80.6 Å². The van der Waals surface area contributed by atoms with Gasteiger partial charge in [0.2, 0.25) is 0 Å². The van der Waals surface area contributed by atoms with Gasteiger partial charge >= 0.3 is 0 Å². The van der Waals surface area contributed by atoms with Crippen molar-refractivity contribution in [1.82, 2.24) is 10.6 Å². The standard InChI is InChI=1S/C25H34N4/c1-16-14-17(2)27-21(6)22(7)29-23(8)25(24-12-10-9-11-13-24)15-18(3)28-20(5)19(4)26-16/h9-14,27,29H,15H2,1-8H3/b17-14-,20-19-,22-21-,25-23+,26-16-,28-18?. The minimum Gasteiger partial charge on any atom is -0.361 e. The number of rotatable bonds is 1. The average Bonchev–Trinajstić information content (AvgIpc) is 2.65. The minimum atomic E-state index is 0.771. The van der Waals surface area contributed by atoms with Crippen molar-refractivity contribution in [2.24, 2.45) is 9.98 Å². The molecule has 0 radical (unpaired) electrons. The van der Waals surface area contributed by atoms with Crippen molar-refractivity contribution in [2.75, 3.05) is 0 Å². The van der Waals surface area contributed by atoms with Crippen LogP contribution in [-0.4, -0.2) is 11.4 Å². The van der Waals surface area contributed by atoms with Crippen molar-refractivity contribution in [3.8, 4) is 0 Å². The van der Waals surface area contributed by atoms with Crippen molar-refractivity contribution in [2.45, 2.75) is 61.8 Å². The van der Waals surface area contributed by atoms with Crippen molar-refractivity contribution >= 4 is 17.0 Å². The first-order valence-corrected chi connectivity index (χ1v) is 10.1. The molecule has 0 aromatic heterocycles. The Labute approximate surface area is 175 Å². The average molecular weight is 391 g/mol. The Kier molecular flexibility index (Phi) is 7.77. The molecular formula is C25H34N4. The molecular weight excluding hydrogens is 356 g/mol. The molecule has 0 atom stereocenters. The molecule has 1 aromatic rings. The summed E-state index contributed by atoms with van der Waals surface area (Å²) < 4.78 is 0. The summed E-state index contributed by atoms with van der Waals surface area (Å²) in [6, 6.07) is 10.5. The highest BCUT2D eigenvalue weighted by atomic mass is 15.0. The number of aliphatic imine (C=N–C) groups is 2. The van der Waals surface area contributed by atoms with Gasteiger partial charge in [-0.3, -0.25) is 9.98 Å². The fourth-order valence-electron chi connectivity index (χ4n) is 3.32. The SMILES string of the molecule is CC1=N\C(C)=C(C)/N=C(C)\C=C(\C)N/C(C)=C(/C)N/C(C)=C(/c2ccccc2)C1. The van der Waals surface area contributed by atoms with Crippen LogP contribution in [0.4, 0.5) is 0 Å². The number of allylic oxidation sites excluding steroid dienone is 8. The zero-order chi connectivity index (χ0) is 21.6. The lowest BCUT2D eigenvalue weighted by atomic mass is 9.98. The van der Waals surface area contributed by atoms with Crippen LogP contribution in [0.2, 0.25) is 0 Å². The van der Waals surface area contributed by atoms with Crippen molar-refractivity contribution in [1.29, 1.82) is 0 Å². The van der Waals surface area contributed by atoms with Crippen LogP contribution in [0.1, 0.15) is 67.4 Å². The van der Waals surface area contributed by atoms with Crippen LogP contribution in [-0.2, 0) is 0 Å². The largest absolute Gasteiger partial charge is 0.361 e. The van der Waals surface area contributed by atoms with E-state index in [2.05, 4.69) is 75.6 Å². The van der Waals surface area contributed by atoms with Crippen LogP contribution < -0.4 is 10.6 Å². The molecule has 0 amide bonds. The second kappa shape index (κ2) is 10.1. The zero-order valence-corrected chi connectivity index (χ0v) is 19.1. The Morgan fingerprint density at radius 2 is 1.28 bits per heavy atom. The van der Waals surface area contributed by atoms with E-state index in [-0.39, 0.29) is 0 Å². The summed E-state index contributed by atoms with van der Waals surface area (Å²) >= 11 is 0. The molecule has 4 heteroatoms. The Hall–Kier alpha value is -2.88. The Morgan fingerprint density at radius 1 is 0.690 bits per heavy atom. The summed E-state index contributed by atoms with van der Waals surface area (Å²) in [7, 11) is 0. The molecule has 0 fully saturated rings. The van der Waals surface area contributed by atoms with E-state index < -0.39 is 0 Å². The Balaban J connectivity index is 2.64. The summed E-state index contributed by atoms with van der Waals surface area (Å²) in [6.45, 7) is 16.5. The molecule has 1 aromatic carbocycles. The Bertz CT molecular complexity index is 938. The van der Waals surface area contributed by atoms with Gasteiger partial charge in [-0.15, -0.1) is 0 Å². The molecule has 1 aliphatic rings. The van der Waals surface area contributed by atoms with Gasteiger partial charge in [0.1, 0.15) is 0 Å². The summed E-state index contributed by atoms with van der Waals surface area (Å²) in [5, 5.41) is 7.06. The van der Waals surface area contributed by atoms with Crippen LogP contribution in [0.25, 0.3) is 5.57 Å². The van der Waals surface area contributed by atoms with Crippen LogP contribution in [0, 0.1) is 0 Å². The van der Waals surface area contributed by atoms with Gasteiger partial charge in [0.15, 0.2) is 0 Å². The van der Waals surface area contributed by atoms with Crippen molar-refractivity contribution in [3.63, 3.8) is 0 Å². The third kappa shape index (κ3) is 6.60. The van der Waals surface area contributed by atoms with E-state index in [1.807, 2.05) is 26.8 Å². The maximum absolute atomic E-state index is 4.85. The van der Waals surface area contributed by atoms with E-state index >= 15 is 0 Å². The lowest BCUT2D eigenvalue weighted by Crippen LogP contribution is -2.19. The first kappa shape index (κ1) is 22.4. The molecule has 1 aliphatic heterocycles. The lowest BCUT2D eigenvalue weighted by molar-refractivity contribution is 0.868. The first-order chi connectivity index (χ1) is 13.7. The van der Waals surface area contributed by atoms with Gasteiger partial charge in [-0.25, -0.2) is 0 Å². The van der Waals surface area contributed by atoms with Crippen molar-refractivity contribution in [3.05, 3.63) is 76.2 Å². The summed E-state index contributed by atoms with van der Waals surface area (Å²) in [5.41, 5.74) is 10.7. The number of benzene rings is 1. The molecule has 0 saturated heterocycles. The second-order valence-corrected chi connectivity index (χ2v) is 7.74. The van der Waals surface area contributed by atoms with E-state index in [0.29, 0.717) is 0 Å².